The highest BCUT2D eigenvalue weighted by molar-refractivity contribution is 7.98. The number of ether oxygens (including phenoxy) is 1. The van der Waals surface area contributed by atoms with E-state index in [0.717, 1.165) is 16.9 Å². The maximum Gasteiger partial charge on any atom is 0.306 e. The van der Waals surface area contributed by atoms with Gasteiger partial charge in [-0.2, -0.15) is 11.8 Å². The zero-order valence-corrected chi connectivity index (χ0v) is 11.6. The minimum Gasteiger partial charge on any atom is -0.466 e. The van der Waals surface area contributed by atoms with E-state index in [1.165, 1.54) is 0 Å². The topological polar surface area (TPSA) is 43.4 Å². The summed E-state index contributed by atoms with van der Waals surface area (Å²) in [6.07, 6.45) is 0.417. The van der Waals surface area contributed by atoms with Gasteiger partial charge in [-0.1, -0.05) is 24.3 Å². The molecule has 98 valence electrons. The van der Waals surface area contributed by atoms with Crippen molar-refractivity contribution < 1.29 is 14.3 Å². The molecule has 1 aromatic carbocycles. The lowest BCUT2D eigenvalue weighted by molar-refractivity contribution is -0.142. The molecule has 0 atom stereocenters. The van der Waals surface area contributed by atoms with Crippen molar-refractivity contribution in [1.82, 2.24) is 0 Å². The molecule has 0 aliphatic carbocycles. The third kappa shape index (κ3) is 4.92. The molecule has 0 fully saturated rings. The van der Waals surface area contributed by atoms with Crippen molar-refractivity contribution in [1.29, 1.82) is 0 Å². The van der Waals surface area contributed by atoms with Crippen molar-refractivity contribution in [3.8, 4) is 0 Å². The second kappa shape index (κ2) is 7.93. The van der Waals surface area contributed by atoms with Crippen LogP contribution in [0.4, 0.5) is 0 Å². The van der Waals surface area contributed by atoms with Gasteiger partial charge in [-0.05, 0) is 19.4 Å². The summed E-state index contributed by atoms with van der Waals surface area (Å²) in [4.78, 5) is 22.5. The Labute approximate surface area is 112 Å². The fourth-order valence-electron chi connectivity index (χ4n) is 1.56. The number of esters is 1. The molecule has 0 saturated carbocycles. The number of rotatable bonds is 7. The number of ketones is 1. The van der Waals surface area contributed by atoms with E-state index < -0.39 is 0 Å². The van der Waals surface area contributed by atoms with E-state index in [1.54, 1.807) is 25.6 Å². The minimum absolute atomic E-state index is 0.0802. The third-order valence-electron chi connectivity index (χ3n) is 2.41. The molecule has 0 N–H and O–H groups in total. The van der Waals surface area contributed by atoms with E-state index in [-0.39, 0.29) is 11.8 Å². The van der Waals surface area contributed by atoms with Gasteiger partial charge in [0.05, 0.1) is 13.0 Å². The first-order valence-electron chi connectivity index (χ1n) is 5.97. The largest absolute Gasteiger partial charge is 0.466 e. The number of hydrogen-bond donors (Lipinski definition) is 0. The van der Waals surface area contributed by atoms with Crippen molar-refractivity contribution in [3.05, 3.63) is 35.4 Å². The van der Waals surface area contributed by atoms with Crippen LogP contribution in [0.1, 0.15) is 36.2 Å². The molecule has 3 nitrogen and oxygen atoms in total. The molecule has 0 spiro atoms. The van der Waals surface area contributed by atoms with Gasteiger partial charge in [0.15, 0.2) is 5.78 Å². The normalized spacial score (nSPS) is 10.1. The highest BCUT2D eigenvalue weighted by Gasteiger charge is 2.07. The molecule has 0 bridgehead atoms. The standard InChI is InChI=1S/C14H18O3S/c1-3-17-14(16)8-9-18-10-12-6-4-5-7-13(12)11(2)15/h4-7H,3,8-10H2,1-2H3. The highest BCUT2D eigenvalue weighted by Crippen LogP contribution is 2.17. The summed E-state index contributed by atoms with van der Waals surface area (Å²) in [5.74, 6) is 1.38. The van der Waals surface area contributed by atoms with Gasteiger partial charge in [-0.15, -0.1) is 0 Å². The summed E-state index contributed by atoms with van der Waals surface area (Å²) in [5.41, 5.74) is 1.79. The molecular formula is C14H18O3S. The molecule has 0 radical (unpaired) electrons. The Morgan fingerprint density at radius 2 is 2.00 bits per heavy atom. The van der Waals surface area contributed by atoms with Gasteiger partial charge < -0.3 is 4.74 Å². The van der Waals surface area contributed by atoms with Crippen molar-refractivity contribution in [2.24, 2.45) is 0 Å². The van der Waals surface area contributed by atoms with Crippen molar-refractivity contribution in [3.63, 3.8) is 0 Å². The molecule has 4 heteroatoms. The predicted octanol–water partition coefficient (Wildman–Crippen LogP) is 3.08. The maximum absolute atomic E-state index is 11.4. The molecule has 0 saturated heterocycles. The average Bonchev–Trinajstić information content (AvgIpc) is 2.35. The van der Waals surface area contributed by atoms with E-state index >= 15 is 0 Å². The first-order valence-corrected chi connectivity index (χ1v) is 7.12. The zero-order chi connectivity index (χ0) is 13.4. The molecule has 1 rings (SSSR count). The Bertz CT molecular complexity index is 415. The second-order valence-corrected chi connectivity index (χ2v) is 4.93. The fraction of sp³-hybridized carbons (Fsp3) is 0.429. The Balaban J connectivity index is 2.40. The van der Waals surface area contributed by atoms with Gasteiger partial charge in [0, 0.05) is 17.1 Å². The number of benzene rings is 1. The van der Waals surface area contributed by atoms with Crippen LogP contribution < -0.4 is 0 Å². The molecule has 0 unspecified atom stereocenters. The Morgan fingerprint density at radius 1 is 1.28 bits per heavy atom. The van der Waals surface area contributed by atoms with Crippen molar-refractivity contribution in [2.45, 2.75) is 26.0 Å². The number of thioether (sulfide) groups is 1. The lowest BCUT2D eigenvalue weighted by Crippen LogP contribution is -2.05. The zero-order valence-electron chi connectivity index (χ0n) is 10.8. The fourth-order valence-corrected chi connectivity index (χ4v) is 2.49. The van der Waals surface area contributed by atoms with Gasteiger partial charge in [0.25, 0.3) is 0 Å². The first-order chi connectivity index (χ1) is 8.65. The highest BCUT2D eigenvalue weighted by atomic mass is 32.2. The SMILES string of the molecule is CCOC(=O)CCSCc1ccccc1C(C)=O. The van der Waals surface area contributed by atoms with Crippen LogP contribution in [0.3, 0.4) is 0 Å². The average molecular weight is 266 g/mol. The summed E-state index contributed by atoms with van der Waals surface area (Å²) >= 11 is 1.64. The summed E-state index contributed by atoms with van der Waals surface area (Å²) in [5, 5.41) is 0. The maximum atomic E-state index is 11.4. The van der Waals surface area contributed by atoms with E-state index in [0.29, 0.717) is 18.8 Å². The van der Waals surface area contributed by atoms with Crippen LogP contribution in [0.5, 0.6) is 0 Å². The predicted molar refractivity (Wildman–Crippen MR) is 73.9 cm³/mol. The van der Waals surface area contributed by atoms with Crippen LogP contribution in [0.25, 0.3) is 0 Å². The first kappa shape index (κ1) is 14.8. The Morgan fingerprint density at radius 3 is 2.67 bits per heavy atom. The summed E-state index contributed by atoms with van der Waals surface area (Å²) in [6, 6.07) is 7.58. The number of Topliss-reactive ketones (excluding diaryl/α,β-unsaturated/α-hetero) is 1. The van der Waals surface area contributed by atoms with Crippen LogP contribution in [-0.4, -0.2) is 24.1 Å². The number of carbonyl (C=O) groups is 2. The van der Waals surface area contributed by atoms with Gasteiger partial charge in [-0.3, -0.25) is 9.59 Å². The van der Waals surface area contributed by atoms with E-state index in [4.69, 9.17) is 4.74 Å². The van der Waals surface area contributed by atoms with Gasteiger partial charge in [0.1, 0.15) is 0 Å². The molecular weight excluding hydrogens is 248 g/mol. The van der Waals surface area contributed by atoms with E-state index in [2.05, 4.69) is 0 Å². The van der Waals surface area contributed by atoms with Crippen LogP contribution in [-0.2, 0) is 15.3 Å². The van der Waals surface area contributed by atoms with Crippen molar-refractivity contribution in [2.75, 3.05) is 12.4 Å². The van der Waals surface area contributed by atoms with Crippen molar-refractivity contribution >= 4 is 23.5 Å². The van der Waals surface area contributed by atoms with E-state index in [9.17, 15) is 9.59 Å². The second-order valence-electron chi connectivity index (χ2n) is 3.82. The molecule has 18 heavy (non-hydrogen) atoms. The molecule has 0 aliphatic rings. The molecule has 1 aromatic rings. The Hall–Kier alpha value is -1.29. The van der Waals surface area contributed by atoms with Crippen LogP contribution in [0.15, 0.2) is 24.3 Å². The minimum atomic E-state index is -0.162. The van der Waals surface area contributed by atoms with E-state index in [1.807, 2.05) is 24.3 Å². The summed E-state index contributed by atoms with van der Waals surface area (Å²) < 4.78 is 4.85. The molecule has 0 heterocycles. The molecule has 0 aromatic heterocycles. The van der Waals surface area contributed by atoms with Crippen LogP contribution in [0, 0.1) is 0 Å². The van der Waals surface area contributed by atoms with Gasteiger partial charge in [0.2, 0.25) is 0 Å². The lowest BCUT2D eigenvalue weighted by atomic mass is 10.1. The quantitative estimate of drug-likeness (QED) is 0.432. The van der Waals surface area contributed by atoms with Gasteiger partial charge in [-0.25, -0.2) is 0 Å². The van der Waals surface area contributed by atoms with Gasteiger partial charge >= 0.3 is 5.97 Å². The Kier molecular flexibility index (Phi) is 6.50. The summed E-state index contributed by atoms with van der Waals surface area (Å²) in [6.45, 7) is 3.80. The number of hydrogen-bond acceptors (Lipinski definition) is 4. The van der Waals surface area contributed by atoms with Crippen LogP contribution >= 0.6 is 11.8 Å². The lowest BCUT2D eigenvalue weighted by Gasteiger charge is -2.06. The smallest absolute Gasteiger partial charge is 0.306 e. The molecule has 0 amide bonds. The molecule has 0 aliphatic heterocycles. The van der Waals surface area contributed by atoms with Crippen LogP contribution in [0.2, 0.25) is 0 Å². The number of carbonyl (C=O) groups excluding carboxylic acids is 2. The monoisotopic (exact) mass is 266 g/mol. The summed E-state index contributed by atoms with van der Waals surface area (Å²) in [7, 11) is 0. The third-order valence-corrected chi connectivity index (χ3v) is 3.42.